The van der Waals surface area contributed by atoms with Crippen LogP contribution in [0.25, 0.3) is 11.1 Å². The molecule has 2 aromatic carbocycles. The fraction of sp³-hybridized carbons (Fsp3) is 0.394. The molecule has 2 heterocycles. The molecule has 0 radical (unpaired) electrons. The second kappa shape index (κ2) is 18.2. The van der Waals surface area contributed by atoms with Crippen LogP contribution in [0.4, 0.5) is 9.59 Å². The molecule has 4 rings (SSSR count). The molecule has 0 saturated heterocycles. The lowest BCUT2D eigenvalue weighted by atomic mass is 9.96. The Balaban J connectivity index is 0.000000391. The molecule has 2 aromatic rings. The molecule has 0 bridgehead atoms. The summed E-state index contributed by atoms with van der Waals surface area (Å²) in [5.41, 5.74) is 5.73. The second-order valence-corrected chi connectivity index (χ2v) is 12.2. The Morgan fingerprint density at radius 3 is 1.49 bits per heavy atom. The molecular weight excluding hydrogens is 690 g/mol. The molecule has 0 aromatic heterocycles. The number of ether oxygens (including phenoxy) is 1. The summed E-state index contributed by atoms with van der Waals surface area (Å²) in [6.07, 6.45) is 0.942. The van der Waals surface area contributed by atoms with E-state index in [-0.39, 0.29) is 29.7 Å². The number of amides is 4. The zero-order valence-electron chi connectivity index (χ0n) is 28.4. The molecule has 2 atom stereocenters. The highest BCUT2D eigenvalue weighted by Gasteiger charge is 2.35. The first-order valence-electron chi connectivity index (χ1n) is 14.3. The number of halogens is 4. The summed E-state index contributed by atoms with van der Waals surface area (Å²) >= 11 is 22.0. The van der Waals surface area contributed by atoms with Crippen molar-refractivity contribution in [2.75, 3.05) is 34.6 Å². The van der Waals surface area contributed by atoms with Gasteiger partial charge in [0.1, 0.15) is 11.5 Å². The van der Waals surface area contributed by atoms with Crippen molar-refractivity contribution in [2.24, 2.45) is 0 Å². The first-order valence-corrected chi connectivity index (χ1v) is 16.1. The highest BCUT2D eigenvalue weighted by atomic mass is 35.5. The maximum Gasteiger partial charge on any atom is 0.414 e. The lowest BCUT2D eigenvalue weighted by Crippen LogP contribution is -2.29. The molecule has 2 aliphatic rings. The van der Waals surface area contributed by atoms with E-state index in [1.165, 1.54) is 16.2 Å². The van der Waals surface area contributed by atoms with Crippen LogP contribution < -0.4 is 10.6 Å². The Hall–Kier alpha value is -3.44. The third kappa shape index (κ3) is 10.3. The van der Waals surface area contributed by atoms with Crippen LogP contribution >= 0.6 is 46.4 Å². The maximum absolute atomic E-state index is 12.3. The van der Waals surface area contributed by atoms with E-state index >= 15 is 0 Å². The Labute approximate surface area is 296 Å². The topological polar surface area (TPSA) is 128 Å². The minimum Gasteiger partial charge on any atom is -0.509 e. The van der Waals surface area contributed by atoms with E-state index in [2.05, 4.69) is 22.2 Å². The minimum absolute atomic E-state index is 0.0607. The van der Waals surface area contributed by atoms with Crippen LogP contribution in [0.3, 0.4) is 0 Å². The van der Waals surface area contributed by atoms with E-state index in [4.69, 9.17) is 39.5 Å². The molecule has 0 spiro atoms. The third-order valence-electron chi connectivity index (χ3n) is 7.24. The predicted molar refractivity (Wildman–Crippen MR) is 190 cm³/mol. The normalized spacial score (nSPS) is 16.5. The summed E-state index contributed by atoms with van der Waals surface area (Å²) in [6.45, 7) is 11.2. The average molecular weight is 733 g/mol. The number of benzene rings is 2. The van der Waals surface area contributed by atoms with Gasteiger partial charge in [-0.2, -0.15) is 0 Å². The number of aliphatic hydroxyl groups excluding tert-OH is 1. The maximum atomic E-state index is 12.3. The molecule has 47 heavy (non-hydrogen) atoms. The Kier molecular flexibility index (Phi) is 16.1. The van der Waals surface area contributed by atoms with Crippen LogP contribution in [0.15, 0.2) is 35.8 Å². The first-order chi connectivity index (χ1) is 21.8. The number of rotatable bonds is 3. The molecule has 10 nitrogen and oxygen atoms in total. The number of aliphatic hydroxyl groups is 1. The summed E-state index contributed by atoms with van der Waals surface area (Å²) in [5, 5.41) is 15.9. The van der Waals surface area contributed by atoms with Gasteiger partial charge in [0.05, 0.1) is 23.2 Å². The highest BCUT2D eigenvalue weighted by molar-refractivity contribution is 6.62. The molecule has 2 aliphatic heterocycles. The van der Waals surface area contributed by atoms with Gasteiger partial charge >= 0.3 is 11.5 Å². The summed E-state index contributed by atoms with van der Waals surface area (Å²) in [5.74, 6) is -0.194. The number of carbonyl (C=O) groups is 4. The van der Waals surface area contributed by atoms with Crippen molar-refractivity contribution in [2.45, 2.75) is 53.6 Å². The summed E-state index contributed by atoms with van der Waals surface area (Å²) in [4.78, 5) is 48.5. The van der Waals surface area contributed by atoms with Crippen LogP contribution in [0.1, 0.15) is 47.2 Å². The van der Waals surface area contributed by atoms with Crippen molar-refractivity contribution in [3.8, 4) is 0 Å². The molecular formula is C33H42Cl4N4O6. The number of aryl methyl sites for hydroxylation is 2. The monoisotopic (exact) mass is 730 g/mol. The van der Waals surface area contributed by atoms with Crippen LogP contribution in [0, 0.1) is 27.7 Å². The minimum atomic E-state index is -0.530. The van der Waals surface area contributed by atoms with Gasteiger partial charge in [-0.15, -0.1) is 11.6 Å². The van der Waals surface area contributed by atoms with E-state index in [1.54, 1.807) is 54.2 Å². The standard InChI is InChI=1S/C16H19ClN2O3.C13H14ClNO2.C3H6ClNO.CH3Cl/c1-8-6-7-11(17)12(9(8)2)13-14(10(3)18-15(13)20)22-16(21)19(4)5;1-6-4-5-9(14)10(7(6)2)11-12(16)8(3)15-13(11)17;1-5(2)3(4)6;1-2/h6-7,10H,1-5H3,(H,18,20);4-5,8,16H,1-3H3,(H,15,17);1-2H3;1H3. The van der Waals surface area contributed by atoms with Crippen molar-refractivity contribution in [1.82, 2.24) is 20.4 Å². The molecule has 258 valence electrons. The van der Waals surface area contributed by atoms with Crippen molar-refractivity contribution in [3.05, 3.63) is 79.2 Å². The van der Waals surface area contributed by atoms with Crippen LogP contribution in [-0.4, -0.2) is 84.8 Å². The van der Waals surface area contributed by atoms with Crippen LogP contribution in [0.2, 0.25) is 10.0 Å². The molecule has 2 unspecified atom stereocenters. The quantitative estimate of drug-likeness (QED) is 0.172. The van der Waals surface area contributed by atoms with E-state index in [0.717, 1.165) is 22.3 Å². The van der Waals surface area contributed by atoms with Gasteiger partial charge in [-0.05, 0) is 87.5 Å². The van der Waals surface area contributed by atoms with Crippen molar-refractivity contribution in [3.63, 3.8) is 0 Å². The highest BCUT2D eigenvalue weighted by Crippen LogP contribution is 2.36. The zero-order valence-corrected chi connectivity index (χ0v) is 31.4. The van der Waals surface area contributed by atoms with Crippen molar-refractivity contribution in [1.29, 1.82) is 0 Å². The van der Waals surface area contributed by atoms with Gasteiger partial charge in [-0.1, -0.05) is 35.3 Å². The van der Waals surface area contributed by atoms with E-state index < -0.39 is 11.5 Å². The second-order valence-electron chi connectivity index (χ2n) is 11.0. The van der Waals surface area contributed by atoms with Gasteiger partial charge in [0.2, 0.25) is 0 Å². The van der Waals surface area contributed by atoms with Crippen LogP contribution in [-0.2, 0) is 14.3 Å². The fourth-order valence-corrected chi connectivity index (χ4v) is 4.91. The average Bonchev–Trinajstić information content (AvgIpc) is 3.42. The number of hydrogen-bond donors (Lipinski definition) is 3. The summed E-state index contributed by atoms with van der Waals surface area (Å²) in [7, 11) is 6.36. The summed E-state index contributed by atoms with van der Waals surface area (Å²) < 4.78 is 5.40. The van der Waals surface area contributed by atoms with Crippen LogP contribution in [0.5, 0.6) is 0 Å². The largest absolute Gasteiger partial charge is 0.509 e. The molecule has 0 aliphatic carbocycles. The zero-order chi connectivity index (χ0) is 36.5. The number of hydrogen-bond acceptors (Lipinski definition) is 6. The Bertz CT molecular complexity index is 1590. The number of nitrogens with zero attached hydrogens (tertiary/aromatic N) is 2. The van der Waals surface area contributed by atoms with E-state index in [9.17, 15) is 24.3 Å². The number of nitrogens with one attached hydrogen (secondary N) is 2. The van der Waals surface area contributed by atoms with Gasteiger partial charge in [0, 0.05) is 55.7 Å². The number of alkyl halides is 1. The molecule has 3 N–H and O–H groups in total. The van der Waals surface area contributed by atoms with Gasteiger partial charge < -0.3 is 30.3 Å². The lowest BCUT2D eigenvalue weighted by molar-refractivity contribution is -0.116. The van der Waals surface area contributed by atoms with Crippen molar-refractivity contribution < 1.29 is 29.0 Å². The van der Waals surface area contributed by atoms with Gasteiger partial charge in [-0.25, -0.2) is 4.79 Å². The van der Waals surface area contributed by atoms with E-state index in [0.29, 0.717) is 38.1 Å². The molecule has 4 amide bonds. The lowest BCUT2D eigenvalue weighted by Gasteiger charge is -2.16. The smallest absolute Gasteiger partial charge is 0.414 e. The molecule has 0 saturated carbocycles. The van der Waals surface area contributed by atoms with Gasteiger partial charge in [-0.3, -0.25) is 14.4 Å². The summed E-state index contributed by atoms with van der Waals surface area (Å²) in [6, 6.07) is 6.54. The van der Waals surface area contributed by atoms with Gasteiger partial charge in [0.15, 0.2) is 0 Å². The third-order valence-corrected chi connectivity index (χ3v) is 8.21. The molecule has 0 fully saturated rings. The number of carbonyl (C=O) groups excluding carboxylic acids is 4. The molecule has 14 heteroatoms. The van der Waals surface area contributed by atoms with Crippen molar-refractivity contribution >= 4 is 80.8 Å². The van der Waals surface area contributed by atoms with E-state index in [1.807, 2.05) is 39.8 Å². The predicted octanol–water partition coefficient (Wildman–Crippen LogP) is 7.39. The fourth-order valence-electron chi connectivity index (χ4n) is 4.32. The Morgan fingerprint density at radius 1 is 0.745 bits per heavy atom. The van der Waals surface area contributed by atoms with Gasteiger partial charge in [0.25, 0.3) is 11.8 Å². The Morgan fingerprint density at radius 2 is 1.13 bits per heavy atom. The SMILES string of the molecule is CCl.CN(C)C(=O)Cl.Cc1ccc(Cl)c(C2=C(O)C(C)NC2=O)c1C.Cc1ccc(Cl)c(C2=C(OC(=O)N(C)C)C(C)NC2=O)c1C. The first kappa shape index (κ1) is 41.6.